The van der Waals surface area contributed by atoms with Gasteiger partial charge in [0.05, 0.1) is 12.3 Å². The predicted molar refractivity (Wildman–Crippen MR) is 138 cm³/mol. The molecule has 33 heavy (non-hydrogen) atoms. The van der Waals surface area contributed by atoms with Crippen molar-refractivity contribution in [2.24, 2.45) is 0 Å². The van der Waals surface area contributed by atoms with Crippen molar-refractivity contribution in [2.75, 3.05) is 38.4 Å². The first kappa shape index (κ1) is 23.4. The monoisotopic (exact) mass is 480 g/mol. The van der Waals surface area contributed by atoms with Crippen LogP contribution in [0.3, 0.4) is 0 Å². The zero-order valence-electron chi connectivity index (χ0n) is 19.1. The largest absolute Gasteiger partial charge is 0.383 e. The molecule has 1 N–H and O–H groups in total. The fourth-order valence-corrected chi connectivity index (χ4v) is 4.83. The number of aromatic nitrogens is 2. The molecule has 0 saturated carbocycles. The number of carbonyl (C=O) groups is 1. The first-order valence-corrected chi connectivity index (χ1v) is 12.9. The molecule has 0 saturated heterocycles. The molecule has 4 rings (SSSR count). The predicted octanol–water partition coefficient (Wildman–Crippen LogP) is 5.82. The van der Waals surface area contributed by atoms with Crippen LogP contribution >= 0.6 is 23.1 Å². The number of fused-ring (bicyclic) bond motifs is 1. The Balaban J connectivity index is 1.45. The van der Waals surface area contributed by atoms with Gasteiger partial charge in [-0.3, -0.25) is 4.40 Å². The van der Waals surface area contributed by atoms with E-state index in [1.807, 2.05) is 30.5 Å². The van der Waals surface area contributed by atoms with Crippen LogP contribution in [-0.4, -0.2) is 53.4 Å². The minimum Gasteiger partial charge on any atom is -0.383 e. The molecule has 8 heteroatoms. The molecular formula is C25H28N4O2S2. The summed E-state index contributed by atoms with van der Waals surface area (Å²) in [7, 11) is 1.65. The number of methoxy groups -OCH3 is 1. The maximum Gasteiger partial charge on any atom is 0.321 e. The summed E-state index contributed by atoms with van der Waals surface area (Å²) in [5.41, 5.74) is 5.23. The summed E-state index contributed by atoms with van der Waals surface area (Å²) in [5, 5.41) is 5.13. The molecule has 172 valence electrons. The van der Waals surface area contributed by atoms with Crippen molar-refractivity contribution in [1.29, 1.82) is 0 Å². The number of carbonyl (C=O) groups excluding carboxylic acids is 1. The smallest absolute Gasteiger partial charge is 0.321 e. The lowest BCUT2D eigenvalue weighted by atomic mass is 10.1. The third-order valence-corrected chi connectivity index (χ3v) is 7.09. The lowest BCUT2D eigenvalue weighted by Gasteiger charge is -2.23. The van der Waals surface area contributed by atoms with Gasteiger partial charge in [-0.2, -0.15) is 0 Å². The van der Waals surface area contributed by atoms with E-state index >= 15 is 0 Å². The van der Waals surface area contributed by atoms with Gasteiger partial charge in [0.2, 0.25) is 0 Å². The number of anilines is 1. The highest BCUT2D eigenvalue weighted by atomic mass is 32.2. The third kappa shape index (κ3) is 5.76. The van der Waals surface area contributed by atoms with Gasteiger partial charge >= 0.3 is 6.03 Å². The standard InChI is InChI=1S/C25H28N4O2S2/c1-18-4-6-19(7-5-18)23-16-29-21(17-33-25(29)27-23)12-13-28(14-15-31-2)24(30)26-20-8-10-22(32-3)11-9-20/h4-11,16-17H,12-15H2,1-3H3,(H,26,30). The minimum atomic E-state index is -0.124. The molecule has 0 radical (unpaired) electrons. The number of thioether (sulfide) groups is 1. The second-order valence-electron chi connectivity index (χ2n) is 7.76. The summed E-state index contributed by atoms with van der Waals surface area (Å²) in [5.74, 6) is 0. The highest BCUT2D eigenvalue weighted by Crippen LogP contribution is 2.24. The molecule has 0 atom stereocenters. The number of rotatable bonds is 9. The normalized spacial score (nSPS) is 11.1. The number of thiazole rings is 1. The highest BCUT2D eigenvalue weighted by molar-refractivity contribution is 7.98. The van der Waals surface area contributed by atoms with E-state index in [4.69, 9.17) is 9.72 Å². The van der Waals surface area contributed by atoms with Crippen molar-refractivity contribution in [2.45, 2.75) is 18.2 Å². The van der Waals surface area contributed by atoms with E-state index < -0.39 is 0 Å². The van der Waals surface area contributed by atoms with Crippen LogP contribution in [0.4, 0.5) is 10.5 Å². The Morgan fingerprint density at radius 1 is 1.15 bits per heavy atom. The average molecular weight is 481 g/mol. The van der Waals surface area contributed by atoms with Crippen LogP contribution in [0.5, 0.6) is 0 Å². The first-order chi connectivity index (χ1) is 16.1. The summed E-state index contributed by atoms with van der Waals surface area (Å²) in [6.45, 7) is 3.68. The van der Waals surface area contributed by atoms with Gasteiger partial charge in [0.15, 0.2) is 4.96 Å². The van der Waals surface area contributed by atoms with Crippen molar-refractivity contribution in [1.82, 2.24) is 14.3 Å². The molecule has 2 amide bonds. The Morgan fingerprint density at radius 2 is 1.91 bits per heavy atom. The maximum atomic E-state index is 13.0. The quantitative estimate of drug-likeness (QED) is 0.307. The summed E-state index contributed by atoms with van der Waals surface area (Å²) >= 11 is 3.30. The molecule has 0 aliphatic carbocycles. The number of hydrogen-bond acceptors (Lipinski definition) is 5. The maximum absolute atomic E-state index is 13.0. The molecule has 2 heterocycles. The van der Waals surface area contributed by atoms with Crippen LogP contribution in [0, 0.1) is 6.92 Å². The van der Waals surface area contributed by atoms with Crippen molar-refractivity contribution >= 4 is 39.8 Å². The Hall–Kier alpha value is -2.81. The Kier molecular flexibility index (Phi) is 7.69. The molecule has 0 aliphatic rings. The summed E-state index contributed by atoms with van der Waals surface area (Å²) < 4.78 is 7.37. The van der Waals surface area contributed by atoms with Crippen LogP contribution in [0.2, 0.25) is 0 Å². The fraction of sp³-hybridized carbons (Fsp3) is 0.280. The zero-order chi connectivity index (χ0) is 23.2. The summed E-state index contributed by atoms with van der Waals surface area (Å²) in [4.78, 5) is 21.7. The third-order valence-electron chi connectivity index (χ3n) is 5.46. The lowest BCUT2D eigenvalue weighted by Crippen LogP contribution is -2.38. The topological polar surface area (TPSA) is 58.9 Å². The van der Waals surface area contributed by atoms with E-state index in [0.717, 1.165) is 38.9 Å². The van der Waals surface area contributed by atoms with Gasteiger partial charge in [0, 0.05) is 60.0 Å². The second kappa shape index (κ2) is 10.9. The Bertz CT molecular complexity index is 1200. The molecule has 0 unspecified atom stereocenters. The number of hydrogen-bond donors (Lipinski definition) is 1. The first-order valence-electron chi connectivity index (χ1n) is 10.8. The van der Waals surface area contributed by atoms with Gasteiger partial charge < -0.3 is 15.0 Å². The molecule has 0 fully saturated rings. The number of imidazole rings is 1. The molecule has 4 aromatic rings. The van der Waals surface area contributed by atoms with E-state index in [1.54, 1.807) is 35.1 Å². The number of urea groups is 1. The zero-order valence-corrected chi connectivity index (χ0v) is 20.7. The number of aryl methyl sites for hydroxylation is 1. The van der Waals surface area contributed by atoms with Crippen LogP contribution in [0.15, 0.2) is 65.0 Å². The lowest BCUT2D eigenvalue weighted by molar-refractivity contribution is 0.155. The second-order valence-corrected chi connectivity index (χ2v) is 9.48. The van der Waals surface area contributed by atoms with Gasteiger partial charge in [0.25, 0.3) is 0 Å². The summed E-state index contributed by atoms with van der Waals surface area (Å²) in [6.07, 6.45) is 4.84. The van der Waals surface area contributed by atoms with Gasteiger partial charge in [0.1, 0.15) is 0 Å². The SMILES string of the molecule is COCCN(CCc1csc2nc(-c3ccc(C)cc3)cn12)C(=O)Nc1ccc(SC)cc1. The van der Waals surface area contributed by atoms with Crippen molar-refractivity contribution in [3.8, 4) is 11.3 Å². The van der Waals surface area contributed by atoms with Crippen molar-refractivity contribution in [3.05, 3.63) is 71.4 Å². The Labute approximate surface area is 202 Å². The van der Waals surface area contributed by atoms with Crippen LogP contribution in [0.1, 0.15) is 11.3 Å². The molecule has 6 nitrogen and oxygen atoms in total. The minimum absolute atomic E-state index is 0.124. The molecule has 0 aliphatic heterocycles. The number of nitrogens with one attached hydrogen (secondary N) is 1. The van der Waals surface area contributed by atoms with Crippen LogP contribution < -0.4 is 5.32 Å². The number of benzene rings is 2. The Morgan fingerprint density at radius 3 is 2.61 bits per heavy atom. The molecule has 2 aromatic carbocycles. The summed E-state index contributed by atoms with van der Waals surface area (Å²) in [6, 6.07) is 16.2. The fourth-order valence-electron chi connectivity index (χ4n) is 3.52. The van der Waals surface area contributed by atoms with Gasteiger partial charge in [-0.1, -0.05) is 29.8 Å². The van der Waals surface area contributed by atoms with E-state index in [2.05, 4.69) is 52.5 Å². The number of ether oxygens (including phenoxy) is 1. The van der Waals surface area contributed by atoms with Crippen LogP contribution in [0.25, 0.3) is 16.2 Å². The molecule has 0 spiro atoms. The highest BCUT2D eigenvalue weighted by Gasteiger charge is 2.16. The average Bonchev–Trinajstić information content (AvgIpc) is 3.41. The molecule has 2 aromatic heterocycles. The van der Waals surface area contributed by atoms with Crippen molar-refractivity contribution < 1.29 is 9.53 Å². The van der Waals surface area contributed by atoms with Gasteiger partial charge in [-0.25, -0.2) is 9.78 Å². The number of amides is 2. The van der Waals surface area contributed by atoms with E-state index in [0.29, 0.717) is 19.7 Å². The molecule has 0 bridgehead atoms. The van der Waals surface area contributed by atoms with Crippen LogP contribution in [-0.2, 0) is 11.2 Å². The van der Waals surface area contributed by atoms with Crippen molar-refractivity contribution in [3.63, 3.8) is 0 Å². The molecular weight excluding hydrogens is 452 g/mol. The van der Waals surface area contributed by atoms with E-state index in [1.165, 1.54) is 5.56 Å². The number of nitrogens with zero attached hydrogens (tertiary/aromatic N) is 3. The van der Waals surface area contributed by atoms with Gasteiger partial charge in [-0.05, 0) is 37.4 Å². The van der Waals surface area contributed by atoms with E-state index in [9.17, 15) is 4.79 Å². The van der Waals surface area contributed by atoms with E-state index in [-0.39, 0.29) is 6.03 Å². The van der Waals surface area contributed by atoms with Gasteiger partial charge in [-0.15, -0.1) is 23.1 Å².